The van der Waals surface area contributed by atoms with Gasteiger partial charge in [-0.3, -0.25) is 4.79 Å². The van der Waals surface area contributed by atoms with E-state index in [0.29, 0.717) is 19.4 Å². The number of hydrogen-bond donors (Lipinski definition) is 0. The molecule has 1 saturated heterocycles. The number of anilines is 1. The highest BCUT2D eigenvalue weighted by Crippen LogP contribution is 2.35. The van der Waals surface area contributed by atoms with Crippen LogP contribution >= 0.6 is 11.6 Å². The summed E-state index contributed by atoms with van der Waals surface area (Å²) in [6.45, 7) is 4.42. The topological polar surface area (TPSA) is 20.3 Å². The minimum atomic E-state index is -0.782. The number of carbonyl (C=O) groups excluding carboxylic acids is 1. The quantitative estimate of drug-likeness (QED) is 0.705. The molecule has 1 atom stereocenters. The molecule has 2 nitrogen and oxygen atoms in total. The van der Waals surface area contributed by atoms with E-state index in [1.165, 1.54) is 0 Å². The zero-order valence-corrected chi connectivity index (χ0v) is 9.20. The van der Waals surface area contributed by atoms with Gasteiger partial charge in [-0.05, 0) is 25.0 Å². The lowest BCUT2D eigenvalue weighted by atomic mass is 10.0. The number of hydrogen-bond acceptors (Lipinski definition) is 1. The lowest BCUT2D eigenvalue weighted by molar-refractivity contribution is -0.119. The molecule has 3 heteroatoms. The molecule has 1 fully saturated rings. The lowest BCUT2D eigenvalue weighted by Gasteiger charge is -2.19. The molecule has 1 unspecified atom stereocenters. The Morgan fingerprint density at radius 3 is 2.60 bits per heavy atom. The predicted octanol–water partition coefficient (Wildman–Crippen LogP) is 2.63. The molecule has 0 aliphatic carbocycles. The van der Waals surface area contributed by atoms with Crippen molar-refractivity contribution in [3.05, 3.63) is 37.3 Å². The van der Waals surface area contributed by atoms with Crippen LogP contribution in [0.25, 0.3) is 0 Å². The van der Waals surface area contributed by atoms with E-state index < -0.39 is 4.87 Å². The van der Waals surface area contributed by atoms with E-state index >= 15 is 0 Å². The molecule has 0 spiro atoms. The highest BCUT2D eigenvalue weighted by atomic mass is 35.5. The fourth-order valence-corrected chi connectivity index (χ4v) is 2.01. The van der Waals surface area contributed by atoms with Crippen molar-refractivity contribution >= 4 is 23.2 Å². The maximum Gasteiger partial charge on any atom is 0.248 e. The summed E-state index contributed by atoms with van der Waals surface area (Å²) in [7, 11) is 0. The Morgan fingerprint density at radius 2 is 2.07 bits per heavy atom. The number of amides is 1. The van der Waals surface area contributed by atoms with Crippen LogP contribution < -0.4 is 4.90 Å². The standard InChI is InChI=1S/C12H13ClNO/c1-2-12(13)8-9-14(11(12)15)10-6-4-3-5-7-10/h3-7H,1-2,8-9H2. The summed E-state index contributed by atoms with van der Waals surface area (Å²) < 4.78 is 0. The molecule has 0 saturated carbocycles. The average Bonchev–Trinajstić information content (AvgIpc) is 2.58. The van der Waals surface area contributed by atoms with Crippen molar-refractivity contribution in [1.29, 1.82) is 0 Å². The van der Waals surface area contributed by atoms with Gasteiger partial charge in [-0.25, -0.2) is 0 Å². The molecule has 1 aliphatic heterocycles. The number of halogens is 1. The minimum Gasteiger partial charge on any atom is -0.311 e. The normalized spacial score (nSPS) is 26.0. The Hall–Kier alpha value is -1.02. The summed E-state index contributed by atoms with van der Waals surface area (Å²) in [5.41, 5.74) is 0.915. The third-order valence-electron chi connectivity index (χ3n) is 2.82. The van der Waals surface area contributed by atoms with Crippen LogP contribution in [-0.4, -0.2) is 17.3 Å². The van der Waals surface area contributed by atoms with Gasteiger partial charge in [0.25, 0.3) is 0 Å². The molecule has 15 heavy (non-hydrogen) atoms. The number of alkyl halides is 1. The maximum atomic E-state index is 12.0. The molecule has 1 radical (unpaired) electrons. The van der Waals surface area contributed by atoms with Crippen molar-refractivity contribution in [1.82, 2.24) is 0 Å². The van der Waals surface area contributed by atoms with E-state index in [-0.39, 0.29) is 5.91 Å². The van der Waals surface area contributed by atoms with Gasteiger partial charge >= 0.3 is 0 Å². The summed E-state index contributed by atoms with van der Waals surface area (Å²) >= 11 is 6.20. The van der Waals surface area contributed by atoms with E-state index in [1.54, 1.807) is 4.90 Å². The van der Waals surface area contributed by atoms with Crippen molar-refractivity contribution in [2.75, 3.05) is 11.4 Å². The summed E-state index contributed by atoms with van der Waals surface area (Å²) in [6, 6.07) is 9.61. The predicted molar refractivity (Wildman–Crippen MR) is 62.0 cm³/mol. The van der Waals surface area contributed by atoms with Crippen molar-refractivity contribution in [2.45, 2.75) is 17.7 Å². The molecular weight excluding hydrogens is 210 g/mol. The second-order valence-electron chi connectivity index (χ2n) is 3.76. The van der Waals surface area contributed by atoms with Gasteiger partial charge in [-0.2, -0.15) is 0 Å². The van der Waals surface area contributed by atoms with Crippen LogP contribution in [0.3, 0.4) is 0 Å². The lowest BCUT2D eigenvalue weighted by Crippen LogP contribution is -2.35. The summed E-state index contributed by atoms with van der Waals surface area (Å²) in [4.78, 5) is 13.0. The smallest absolute Gasteiger partial charge is 0.248 e. The van der Waals surface area contributed by atoms with E-state index in [2.05, 4.69) is 6.92 Å². The number of benzene rings is 1. The molecule has 2 rings (SSSR count). The number of nitrogens with zero attached hydrogens (tertiary/aromatic N) is 1. The summed E-state index contributed by atoms with van der Waals surface area (Å²) in [5, 5.41) is 0. The molecule has 1 aromatic carbocycles. The van der Waals surface area contributed by atoms with Crippen molar-refractivity contribution < 1.29 is 4.79 Å². The van der Waals surface area contributed by atoms with Crippen molar-refractivity contribution in [3.63, 3.8) is 0 Å². The zero-order chi connectivity index (χ0) is 10.9. The molecule has 1 heterocycles. The molecule has 1 amide bonds. The van der Waals surface area contributed by atoms with Gasteiger partial charge in [0.2, 0.25) is 5.91 Å². The highest BCUT2D eigenvalue weighted by Gasteiger charge is 2.44. The molecule has 0 N–H and O–H groups in total. The van der Waals surface area contributed by atoms with Crippen LogP contribution in [0.15, 0.2) is 30.3 Å². The monoisotopic (exact) mass is 222 g/mol. The average molecular weight is 223 g/mol. The van der Waals surface area contributed by atoms with Crippen LogP contribution in [0.4, 0.5) is 5.69 Å². The fourth-order valence-electron chi connectivity index (χ4n) is 1.83. The highest BCUT2D eigenvalue weighted by molar-refractivity contribution is 6.38. The first kappa shape index (κ1) is 10.5. The van der Waals surface area contributed by atoms with E-state index in [4.69, 9.17) is 11.6 Å². The van der Waals surface area contributed by atoms with E-state index in [0.717, 1.165) is 5.69 Å². The summed E-state index contributed by atoms with van der Waals surface area (Å²) in [6.07, 6.45) is 1.11. The largest absolute Gasteiger partial charge is 0.311 e. The first-order valence-corrected chi connectivity index (χ1v) is 5.40. The molecular formula is C12H13ClNO. The van der Waals surface area contributed by atoms with Crippen LogP contribution in [0.1, 0.15) is 12.8 Å². The third kappa shape index (κ3) is 1.74. The summed E-state index contributed by atoms with van der Waals surface area (Å²) in [5.74, 6) is -0.0228. The van der Waals surface area contributed by atoms with Crippen LogP contribution in [0.2, 0.25) is 0 Å². The van der Waals surface area contributed by atoms with E-state index in [9.17, 15) is 4.79 Å². The minimum absolute atomic E-state index is 0.0228. The molecule has 79 valence electrons. The van der Waals surface area contributed by atoms with Gasteiger partial charge in [0.1, 0.15) is 4.87 Å². The SMILES string of the molecule is [CH2]CC1(Cl)CCN(c2ccccc2)C1=O. The zero-order valence-electron chi connectivity index (χ0n) is 8.45. The molecule has 1 aromatic rings. The van der Waals surface area contributed by atoms with Gasteiger partial charge < -0.3 is 4.90 Å². The molecule has 1 aliphatic rings. The van der Waals surface area contributed by atoms with E-state index in [1.807, 2.05) is 30.3 Å². The second kappa shape index (κ2) is 3.86. The molecule has 0 bridgehead atoms. The second-order valence-corrected chi connectivity index (χ2v) is 4.48. The third-order valence-corrected chi connectivity index (χ3v) is 3.36. The van der Waals surface area contributed by atoms with Crippen molar-refractivity contribution in [3.8, 4) is 0 Å². The van der Waals surface area contributed by atoms with Gasteiger partial charge in [0.05, 0.1) is 0 Å². The number of rotatable bonds is 2. The van der Waals surface area contributed by atoms with Gasteiger partial charge in [0, 0.05) is 12.2 Å². The Morgan fingerprint density at radius 1 is 1.40 bits per heavy atom. The van der Waals surface area contributed by atoms with Crippen LogP contribution in [0, 0.1) is 6.92 Å². The first-order chi connectivity index (χ1) is 7.17. The number of para-hydroxylation sites is 1. The first-order valence-electron chi connectivity index (χ1n) is 5.02. The fraction of sp³-hybridized carbons (Fsp3) is 0.333. The van der Waals surface area contributed by atoms with Gasteiger partial charge in [-0.15, -0.1) is 11.6 Å². The van der Waals surface area contributed by atoms with Crippen LogP contribution in [-0.2, 0) is 4.79 Å². The van der Waals surface area contributed by atoms with Crippen LogP contribution in [0.5, 0.6) is 0 Å². The van der Waals surface area contributed by atoms with Gasteiger partial charge in [0.15, 0.2) is 0 Å². The molecule has 0 aromatic heterocycles. The maximum absolute atomic E-state index is 12.0. The van der Waals surface area contributed by atoms with Gasteiger partial charge in [-0.1, -0.05) is 25.1 Å². The Labute approximate surface area is 94.8 Å². The Balaban J connectivity index is 2.25. The number of carbonyl (C=O) groups is 1. The van der Waals surface area contributed by atoms with Crippen molar-refractivity contribution in [2.24, 2.45) is 0 Å². The Bertz CT molecular complexity index is 365. The Kier molecular flexibility index (Phi) is 2.70.